The van der Waals surface area contributed by atoms with Gasteiger partial charge in [0.25, 0.3) is 0 Å². The summed E-state index contributed by atoms with van der Waals surface area (Å²) in [6.07, 6.45) is 0. The lowest BCUT2D eigenvalue weighted by molar-refractivity contribution is -0.149. The van der Waals surface area contributed by atoms with E-state index in [1.807, 2.05) is 20.8 Å². The van der Waals surface area contributed by atoms with Gasteiger partial charge in [0.2, 0.25) is 5.89 Å². The highest BCUT2D eigenvalue weighted by molar-refractivity contribution is 5.77. The molecule has 0 atom stereocenters. The van der Waals surface area contributed by atoms with E-state index in [2.05, 4.69) is 10.1 Å². The molecular formula is C12H21N3O3. The molecule has 1 heterocycles. The first kappa shape index (κ1) is 14.6. The van der Waals surface area contributed by atoms with Gasteiger partial charge >= 0.3 is 5.97 Å². The Balaban J connectivity index is 2.83. The lowest BCUT2D eigenvalue weighted by atomic mass is 10.0. The molecule has 0 aliphatic carbocycles. The molecule has 1 aromatic rings. The van der Waals surface area contributed by atoms with Crippen LogP contribution in [0.2, 0.25) is 0 Å². The number of carbonyl (C=O) groups is 1. The third-order valence-corrected chi connectivity index (χ3v) is 3.01. The Morgan fingerprint density at radius 1 is 1.50 bits per heavy atom. The van der Waals surface area contributed by atoms with Crippen LogP contribution in [0.25, 0.3) is 0 Å². The van der Waals surface area contributed by atoms with E-state index in [4.69, 9.17) is 4.52 Å². The molecule has 102 valence electrons. The average molecular weight is 255 g/mol. The van der Waals surface area contributed by atoms with Crippen LogP contribution < -0.4 is 0 Å². The molecule has 0 unspecified atom stereocenters. The normalized spacial score (nSPS) is 12.4. The van der Waals surface area contributed by atoms with Crippen molar-refractivity contribution in [3.63, 3.8) is 0 Å². The quantitative estimate of drug-likeness (QED) is 0.836. The molecule has 0 saturated carbocycles. The topological polar surface area (TPSA) is 79.5 Å². The van der Waals surface area contributed by atoms with Crippen molar-refractivity contribution in [1.29, 1.82) is 0 Å². The molecule has 1 rings (SSSR count). The number of carboxylic acid groups (broad SMARTS) is 1. The van der Waals surface area contributed by atoms with Gasteiger partial charge in [-0.1, -0.05) is 25.9 Å². The van der Waals surface area contributed by atoms with Crippen LogP contribution in [0.15, 0.2) is 4.52 Å². The maximum atomic E-state index is 11.2. The van der Waals surface area contributed by atoms with Gasteiger partial charge in [0.15, 0.2) is 5.82 Å². The first-order chi connectivity index (χ1) is 8.28. The van der Waals surface area contributed by atoms with Crippen molar-refractivity contribution in [3.8, 4) is 0 Å². The Labute approximate surface area is 107 Å². The molecule has 0 aliphatic rings. The summed E-state index contributed by atoms with van der Waals surface area (Å²) in [6.45, 7) is 10.2. The van der Waals surface area contributed by atoms with Crippen molar-refractivity contribution in [3.05, 3.63) is 11.7 Å². The Kier molecular flexibility index (Phi) is 4.45. The summed E-state index contributed by atoms with van der Waals surface area (Å²) in [5, 5.41) is 13.1. The molecule has 6 heteroatoms. The van der Waals surface area contributed by atoms with Gasteiger partial charge in [-0.25, -0.2) is 0 Å². The fourth-order valence-electron chi connectivity index (χ4n) is 1.58. The van der Waals surface area contributed by atoms with Crippen LogP contribution in [0.4, 0.5) is 0 Å². The standard InChI is InChI=1S/C12H21N3O3/c1-6-15(12(4,5)11(16)17)7-9-13-10(8(2)3)18-14-9/h8H,6-7H2,1-5H3,(H,16,17). The first-order valence-electron chi connectivity index (χ1n) is 6.10. The maximum absolute atomic E-state index is 11.2. The highest BCUT2D eigenvalue weighted by Crippen LogP contribution is 2.18. The zero-order valence-electron chi connectivity index (χ0n) is 11.6. The molecular weight excluding hydrogens is 234 g/mol. The fourth-order valence-corrected chi connectivity index (χ4v) is 1.58. The van der Waals surface area contributed by atoms with Gasteiger partial charge in [-0.2, -0.15) is 4.98 Å². The van der Waals surface area contributed by atoms with E-state index in [0.717, 1.165) is 0 Å². The summed E-state index contributed by atoms with van der Waals surface area (Å²) >= 11 is 0. The lowest BCUT2D eigenvalue weighted by Gasteiger charge is -2.32. The third kappa shape index (κ3) is 3.07. The molecule has 0 saturated heterocycles. The summed E-state index contributed by atoms with van der Waals surface area (Å²) in [4.78, 5) is 17.3. The van der Waals surface area contributed by atoms with E-state index in [-0.39, 0.29) is 5.92 Å². The number of carboxylic acids is 1. The van der Waals surface area contributed by atoms with E-state index in [9.17, 15) is 9.90 Å². The number of rotatable bonds is 6. The Morgan fingerprint density at radius 2 is 2.11 bits per heavy atom. The van der Waals surface area contributed by atoms with Crippen molar-refractivity contribution >= 4 is 5.97 Å². The number of likely N-dealkylation sites (N-methyl/N-ethyl adjacent to an activating group) is 1. The minimum absolute atomic E-state index is 0.175. The summed E-state index contributed by atoms with van der Waals surface area (Å²) in [7, 11) is 0. The molecule has 1 aromatic heterocycles. The molecule has 0 fully saturated rings. The van der Waals surface area contributed by atoms with Crippen LogP contribution in [-0.4, -0.2) is 38.2 Å². The zero-order valence-corrected chi connectivity index (χ0v) is 11.6. The zero-order chi connectivity index (χ0) is 13.9. The smallest absolute Gasteiger partial charge is 0.323 e. The van der Waals surface area contributed by atoms with Gasteiger partial charge in [-0.05, 0) is 20.4 Å². The van der Waals surface area contributed by atoms with Crippen molar-refractivity contribution in [2.24, 2.45) is 0 Å². The Bertz CT molecular complexity index is 412. The highest BCUT2D eigenvalue weighted by Gasteiger charge is 2.34. The fraction of sp³-hybridized carbons (Fsp3) is 0.750. The number of aromatic nitrogens is 2. The molecule has 0 spiro atoms. The number of aliphatic carboxylic acids is 1. The molecule has 6 nitrogen and oxygen atoms in total. The lowest BCUT2D eigenvalue weighted by Crippen LogP contribution is -2.49. The Morgan fingerprint density at radius 3 is 2.50 bits per heavy atom. The van der Waals surface area contributed by atoms with Gasteiger partial charge in [-0.15, -0.1) is 0 Å². The van der Waals surface area contributed by atoms with Gasteiger partial charge < -0.3 is 9.63 Å². The molecule has 1 N–H and O–H groups in total. The summed E-state index contributed by atoms with van der Waals surface area (Å²) < 4.78 is 5.11. The van der Waals surface area contributed by atoms with Gasteiger partial charge in [0.05, 0.1) is 6.54 Å². The van der Waals surface area contributed by atoms with Gasteiger partial charge in [0.1, 0.15) is 5.54 Å². The van der Waals surface area contributed by atoms with Crippen molar-refractivity contribution < 1.29 is 14.4 Å². The van der Waals surface area contributed by atoms with Crippen molar-refractivity contribution in [1.82, 2.24) is 15.0 Å². The van der Waals surface area contributed by atoms with Gasteiger partial charge in [0, 0.05) is 5.92 Å². The van der Waals surface area contributed by atoms with Crippen LogP contribution >= 0.6 is 0 Å². The van der Waals surface area contributed by atoms with E-state index in [1.54, 1.807) is 18.7 Å². The van der Waals surface area contributed by atoms with E-state index in [0.29, 0.717) is 24.8 Å². The number of hydrogen-bond donors (Lipinski definition) is 1. The summed E-state index contributed by atoms with van der Waals surface area (Å²) in [5.41, 5.74) is -0.951. The molecule has 0 bridgehead atoms. The SMILES string of the molecule is CCN(Cc1noc(C(C)C)n1)C(C)(C)C(=O)O. The van der Waals surface area contributed by atoms with E-state index >= 15 is 0 Å². The van der Waals surface area contributed by atoms with Crippen molar-refractivity contribution in [2.75, 3.05) is 6.54 Å². The second kappa shape index (κ2) is 5.48. The predicted octanol–water partition coefficient (Wildman–Crippen LogP) is 1.88. The molecule has 0 aliphatic heterocycles. The molecule has 18 heavy (non-hydrogen) atoms. The number of hydrogen-bond acceptors (Lipinski definition) is 5. The molecule has 0 aromatic carbocycles. The van der Waals surface area contributed by atoms with Gasteiger partial charge in [-0.3, -0.25) is 9.69 Å². The minimum atomic E-state index is -0.951. The largest absolute Gasteiger partial charge is 0.480 e. The predicted molar refractivity (Wildman–Crippen MR) is 66.2 cm³/mol. The van der Waals surface area contributed by atoms with Crippen LogP contribution in [0, 0.1) is 0 Å². The van der Waals surface area contributed by atoms with Crippen LogP contribution in [0.5, 0.6) is 0 Å². The minimum Gasteiger partial charge on any atom is -0.480 e. The average Bonchev–Trinajstić information content (AvgIpc) is 2.73. The van der Waals surface area contributed by atoms with Crippen molar-refractivity contribution in [2.45, 2.75) is 52.6 Å². The molecule has 0 amide bonds. The first-order valence-corrected chi connectivity index (χ1v) is 6.10. The summed E-state index contributed by atoms with van der Waals surface area (Å²) in [6, 6.07) is 0. The maximum Gasteiger partial charge on any atom is 0.323 e. The van der Waals surface area contributed by atoms with Crippen LogP contribution in [-0.2, 0) is 11.3 Å². The van der Waals surface area contributed by atoms with Crippen LogP contribution in [0.1, 0.15) is 52.3 Å². The Hall–Kier alpha value is -1.43. The van der Waals surface area contributed by atoms with Crippen LogP contribution in [0.3, 0.4) is 0 Å². The second-order valence-corrected chi connectivity index (χ2v) is 5.08. The molecule has 0 radical (unpaired) electrons. The van der Waals surface area contributed by atoms with E-state index in [1.165, 1.54) is 0 Å². The second-order valence-electron chi connectivity index (χ2n) is 5.08. The monoisotopic (exact) mass is 255 g/mol. The highest BCUT2D eigenvalue weighted by atomic mass is 16.5. The number of nitrogens with zero attached hydrogens (tertiary/aromatic N) is 3. The van der Waals surface area contributed by atoms with E-state index < -0.39 is 11.5 Å². The summed E-state index contributed by atoms with van der Waals surface area (Å²) in [5.74, 6) is 0.412. The third-order valence-electron chi connectivity index (χ3n) is 3.01.